The molecule has 0 aromatic rings. The zero-order valence-electron chi connectivity index (χ0n) is 16.7. The zero-order valence-corrected chi connectivity index (χ0v) is 16.7. The van der Waals surface area contributed by atoms with E-state index in [1.54, 1.807) is 0 Å². The molecule has 0 fully saturated rings. The fourth-order valence-electron chi connectivity index (χ4n) is 3.36. The van der Waals surface area contributed by atoms with Crippen molar-refractivity contribution in [1.82, 2.24) is 0 Å². The molecule has 0 rings (SSSR count). The number of rotatable bonds is 19. The van der Waals surface area contributed by atoms with E-state index < -0.39 is 0 Å². The molecule has 0 aliphatic heterocycles. The SMILES string of the molecule is [CH2]C(CC)CCCCCCCCCCCCCCCCCCC. The topological polar surface area (TPSA) is 0 Å². The molecule has 0 heterocycles. The van der Waals surface area contributed by atoms with Crippen LogP contribution in [0.1, 0.15) is 136 Å². The lowest BCUT2D eigenvalue weighted by Crippen LogP contribution is -1.92. The van der Waals surface area contributed by atoms with Gasteiger partial charge in [0.1, 0.15) is 0 Å². The Kier molecular flexibility index (Phi) is 20.0. The summed E-state index contributed by atoms with van der Waals surface area (Å²) < 4.78 is 0. The third-order valence-electron chi connectivity index (χ3n) is 5.29. The van der Waals surface area contributed by atoms with Crippen LogP contribution >= 0.6 is 0 Å². The van der Waals surface area contributed by atoms with Gasteiger partial charge in [-0.1, -0.05) is 143 Å². The van der Waals surface area contributed by atoms with Crippen molar-refractivity contribution in [2.24, 2.45) is 5.92 Å². The molecule has 1 unspecified atom stereocenters. The van der Waals surface area contributed by atoms with Gasteiger partial charge in [-0.3, -0.25) is 0 Å². The van der Waals surface area contributed by atoms with Crippen molar-refractivity contribution in [3.05, 3.63) is 6.92 Å². The van der Waals surface area contributed by atoms with Gasteiger partial charge in [0.05, 0.1) is 0 Å². The zero-order chi connectivity index (χ0) is 17.0. The van der Waals surface area contributed by atoms with Gasteiger partial charge in [-0.05, 0) is 5.92 Å². The van der Waals surface area contributed by atoms with Crippen molar-refractivity contribution in [2.75, 3.05) is 0 Å². The molecule has 0 aliphatic rings. The minimum atomic E-state index is 0.700. The number of unbranched alkanes of at least 4 members (excludes halogenated alkanes) is 16. The van der Waals surface area contributed by atoms with Gasteiger partial charge in [0.15, 0.2) is 0 Å². The van der Waals surface area contributed by atoms with Gasteiger partial charge >= 0.3 is 0 Å². The van der Waals surface area contributed by atoms with Crippen molar-refractivity contribution in [1.29, 1.82) is 0 Å². The van der Waals surface area contributed by atoms with E-state index in [1.807, 2.05) is 0 Å². The first-order chi connectivity index (χ1) is 11.3. The highest BCUT2D eigenvalue weighted by Crippen LogP contribution is 2.16. The van der Waals surface area contributed by atoms with Crippen LogP contribution in [-0.4, -0.2) is 0 Å². The molecule has 0 aromatic carbocycles. The van der Waals surface area contributed by atoms with Crippen molar-refractivity contribution in [3.8, 4) is 0 Å². The maximum absolute atomic E-state index is 4.17. The monoisotopic (exact) mass is 323 g/mol. The molecule has 0 nitrogen and oxygen atoms in total. The van der Waals surface area contributed by atoms with Gasteiger partial charge < -0.3 is 0 Å². The van der Waals surface area contributed by atoms with E-state index in [9.17, 15) is 0 Å². The Morgan fingerprint density at radius 2 is 0.783 bits per heavy atom. The Balaban J connectivity index is 2.97. The first-order valence-electron chi connectivity index (χ1n) is 11.1. The Morgan fingerprint density at radius 1 is 0.478 bits per heavy atom. The molecule has 139 valence electrons. The molecule has 1 atom stereocenters. The number of hydrogen-bond acceptors (Lipinski definition) is 0. The average molecular weight is 324 g/mol. The first kappa shape index (κ1) is 23.0. The van der Waals surface area contributed by atoms with Crippen LogP contribution in [0.4, 0.5) is 0 Å². The molecule has 0 saturated heterocycles. The predicted molar refractivity (Wildman–Crippen MR) is 108 cm³/mol. The average Bonchev–Trinajstić information content (AvgIpc) is 2.57. The molecule has 0 amide bonds. The second-order valence-electron chi connectivity index (χ2n) is 7.72. The van der Waals surface area contributed by atoms with Gasteiger partial charge in [-0.25, -0.2) is 0 Å². The number of hydrogen-bond donors (Lipinski definition) is 0. The smallest absolute Gasteiger partial charge is 0.0417 e. The molecule has 0 bridgehead atoms. The maximum atomic E-state index is 4.17. The second-order valence-corrected chi connectivity index (χ2v) is 7.72. The lowest BCUT2D eigenvalue weighted by Gasteiger charge is -2.07. The first-order valence-corrected chi connectivity index (χ1v) is 11.1. The summed E-state index contributed by atoms with van der Waals surface area (Å²) in [5.74, 6) is 0.700. The molecule has 0 aliphatic carbocycles. The summed E-state index contributed by atoms with van der Waals surface area (Å²) in [6.45, 7) is 8.72. The Labute approximate surface area is 149 Å². The summed E-state index contributed by atoms with van der Waals surface area (Å²) in [7, 11) is 0. The van der Waals surface area contributed by atoms with Crippen molar-refractivity contribution in [3.63, 3.8) is 0 Å². The van der Waals surface area contributed by atoms with E-state index in [0.717, 1.165) is 0 Å². The fourth-order valence-corrected chi connectivity index (χ4v) is 3.36. The summed E-state index contributed by atoms with van der Waals surface area (Å²) in [5, 5.41) is 0. The van der Waals surface area contributed by atoms with Crippen LogP contribution in [-0.2, 0) is 0 Å². The summed E-state index contributed by atoms with van der Waals surface area (Å²) in [5.41, 5.74) is 0. The molecular weight excluding hydrogens is 276 g/mol. The van der Waals surface area contributed by atoms with Crippen molar-refractivity contribution in [2.45, 2.75) is 136 Å². The van der Waals surface area contributed by atoms with Crippen LogP contribution < -0.4 is 0 Å². The van der Waals surface area contributed by atoms with Gasteiger partial charge in [-0.2, -0.15) is 0 Å². The van der Waals surface area contributed by atoms with Crippen LogP contribution in [0.2, 0.25) is 0 Å². The van der Waals surface area contributed by atoms with Gasteiger partial charge in [0.2, 0.25) is 0 Å². The molecule has 0 aromatic heterocycles. The van der Waals surface area contributed by atoms with Gasteiger partial charge in [0.25, 0.3) is 0 Å². The van der Waals surface area contributed by atoms with Crippen LogP contribution in [0, 0.1) is 12.8 Å². The Morgan fingerprint density at radius 3 is 1.09 bits per heavy atom. The summed E-state index contributed by atoms with van der Waals surface area (Å²) in [4.78, 5) is 0. The highest BCUT2D eigenvalue weighted by molar-refractivity contribution is 4.58. The molecule has 23 heavy (non-hydrogen) atoms. The minimum absolute atomic E-state index is 0.700. The lowest BCUT2D eigenvalue weighted by molar-refractivity contribution is 0.496. The highest BCUT2D eigenvalue weighted by Gasteiger charge is 1.98. The Bertz CT molecular complexity index is 196. The Hall–Kier alpha value is 0. The second kappa shape index (κ2) is 20.0. The predicted octanol–water partition coefficient (Wildman–Crippen LogP) is 8.89. The van der Waals surface area contributed by atoms with E-state index in [0.29, 0.717) is 5.92 Å². The van der Waals surface area contributed by atoms with Crippen molar-refractivity contribution < 1.29 is 0 Å². The van der Waals surface area contributed by atoms with Gasteiger partial charge in [-0.15, -0.1) is 0 Å². The van der Waals surface area contributed by atoms with E-state index >= 15 is 0 Å². The van der Waals surface area contributed by atoms with Gasteiger partial charge in [0, 0.05) is 0 Å². The maximum Gasteiger partial charge on any atom is -0.0417 e. The molecule has 0 saturated carbocycles. The van der Waals surface area contributed by atoms with Crippen LogP contribution in [0.3, 0.4) is 0 Å². The fraction of sp³-hybridized carbons (Fsp3) is 0.957. The molecular formula is C23H47. The molecule has 0 heteroatoms. The molecule has 1 radical (unpaired) electrons. The van der Waals surface area contributed by atoms with Crippen LogP contribution in [0.15, 0.2) is 0 Å². The quantitative estimate of drug-likeness (QED) is 0.208. The van der Waals surface area contributed by atoms with E-state index in [-0.39, 0.29) is 0 Å². The largest absolute Gasteiger partial charge is 0.0654 e. The van der Waals surface area contributed by atoms with Crippen LogP contribution in [0.25, 0.3) is 0 Å². The van der Waals surface area contributed by atoms with Crippen molar-refractivity contribution >= 4 is 0 Å². The van der Waals surface area contributed by atoms with E-state index in [2.05, 4.69) is 20.8 Å². The lowest BCUT2D eigenvalue weighted by atomic mass is 9.99. The molecule has 0 spiro atoms. The minimum Gasteiger partial charge on any atom is -0.0654 e. The normalized spacial score (nSPS) is 12.7. The standard InChI is InChI=1S/C23H47/c1-4-6-7-8-9-10-11-12-13-14-15-16-17-18-19-20-21-22-23(3)5-2/h23H,3-22H2,1-2H3. The highest BCUT2D eigenvalue weighted by atomic mass is 14.0. The van der Waals surface area contributed by atoms with E-state index in [4.69, 9.17) is 0 Å². The summed E-state index contributed by atoms with van der Waals surface area (Å²) >= 11 is 0. The molecule has 0 N–H and O–H groups in total. The third kappa shape index (κ3) is 20.0. The van der Waals surface area contributed by atoms with Crippen LogP contribution in [0.5, 0.6) is 0 Å². The third-order valence-corrected chi connectivity index (χ3v) is 5.29. The summed E-state index contributed by atoms with van der Waals surface area (Å²) in [6.07, 6.45) is 27.4. The van der Waals surface area contributed by atoms with E-state index in [1.165, 1.54) is 122 Å². The summed E-state index contributed by atoms with van der Waals surface area (Å²) in [6, 6.07) is 0.